The molecular weight excluding hydrogens is 364 g/mol. The second-order valence-electron chi connectivity index (χ2n) is 11.1. The maximum Gasteiger partial charge on any atom is 0.170 e. The number of carbonyl (C=O) groups excluding carboxylic acids is 2. The maximum atomic E-state index is 13.6. The molecule has 0 aromatic heterocycles. The first-order valence-electron chi connectivity index (χ1n) is 12.6. The number of carbonyl (C=O) groups is 2. The zero-order valence-corrected chi connectivity index (χ0v) is 17.8. The quantitative estimate of drug-likeness (QED) is 0.608. The fourth-order valence-electron chi connectivity index (χ4n) is 8.14. The van der Waals surface area contributed by atoms with E-state index >= 15 is 0 Å². The monoisotopic (exact) mass is 400 g/mol. The molecule has 0 N–H and O–H groups in total. The van der Waals surface area contributed by atoms with Crippen LogP contribution in [0.25, 0.3) is 0 Å². The Kier molecular flexibility index (Phi) is 4.18. The molecule has 6 rings (SSSR count). The van der Waals surface area contributed by atoms with Gasteiger partial charge in [0.1, 0.15) is 11.2 Å². The number of Topliss-reactive ketones (excluding diaryl/α,β-unsaturated/α-hetero) is 2. The standard InChI is InChI=1S/C25H36O4/c26-20-18(9-7-15-24(20)22(28-24)11-3-1-4-12-22)17-19-10-8-16-25(21(19)27)23(29-25)13-5-2-6-14-23/h18-19H,1-17H2/t18-,19-,24+,25+/m0/s1. The van der Waals surface area contributed by atoms with E-state index in [2.05, 4.69) is 0 Å². The highest BCUT2D eigenvalue weighted by Crippen LogP contribution is 2.64. The van der Waals surface area contributed by atoms with Crippen molar-refractivity contribution in [2.75, 3.05) is 0 Å². The first-order valence-corrected chi connectivity index (χ1v) is 12.6. The Balaban J connectivity index is 1.17. The molecule has 2 aliphatic heterocycles. The molecule has 6 fully saturated rings. The largest absolute Gasteiger partial charge is 0.354 e. The van der Waals surface area contributed by atoms with Crippen molar-refractivity contribution in [1.82, 2.24) is 0 Å². The molecule has 160 valence electrons. The molecule has 0 bridgehead atoms. The third kappa shape index (κ3) is 2.51. The van der Waals surface area contributed by atoms with Gasteiger partial charge in [0.25, 0.3) is 0 Å². The van der Waals surface area contributed by atoms with Crippen molar-refractivity contribution >= 4 is 11.6 Å². The van der Waals surface area contributed by atoms with Crippen LogP contribution in [-0.2, 0) is 19.1 Å². The lowest BCUT2D eigenvalue weighted by Gasteiger charge is -2.34. The van der Waals surface area contributed by atoms with E-state index in [1.54, 1.807) is 0 Å². The molecule has 4 aliphatic carbocycles. The molecule has 0 aromatic carbocycles. The second kappa shape index (κ2) is 6.38. The second-order valence-corrected chi connectivity index (χ2v) is 11.1. The van der Waals surface area contributed by atoms with Crippen molar-refractivity contribution in [3.8, 4) is 0 Å². The molecule has 0 amide bonds. The summed E-state index contributed by atoms with van der Waals surface area (Å²) in [6, 6.07) is 0. The third-order valence-corrected chi connectivity index (χ3v) is 9.72. The van der Waals surface area contributed by atoms with E-state index < -0.39 is 11.2 Å². The van der Waals surface area contributed by atoms with E-state index in [9.17, 15) is 9.59 Å². The Morgan fingerprint density at radius 2 is 1.00 bits per heavy atom. The highest BCUT2D eigenvalue weighted by molar-refractivity contribution is 5.97. The summed E-state index contributed by atoms with van der Waals surface area (Å²) >= 11 is 0. The molecule has 4 nitrogen and oxygen atoms in total. The first-order chi connectivity index (χ1) is 14.1. The van der Waals surface area contributed by atoms with E-state index in [1.807, 2.05) is 0 Å². The van der Waals surface area contributed by atoms with Crippen LogP contribution in [0.2, 0.25) is 0 Å². The Morgan fingerprint density at radius 1 is 0.586 bits per heavy atom. The van der Waals surface area contributed by atoms with Gasteiger partial charge in [-0.05, 0) is 70.6 Å². The van der Waals surface area contributed by atoms with Crippen LogP contribution < -0.4 is 0 Å². The molecule has 0 aromatic rings. The van der Waals surface area contributed by atoms with Crippen LogP contribution in [0.1, 0.15) is 109 Å². The Hall–Kier alpha value is -0.740. The van der Waals surface area contributed by atoms with E-state index in [0.717, 1.165) is 70.6 Å². The van der Waals surface area contributed by atoms with Crippen LogP contribution in [0.5, 0.6) is 0 Å². The van der Waals surface area contributed by atoms with Gasteiger partial charge in [0.05, 0.1) is 0 Å². The first kappa shape index (κ1) is 19.0. The minimum absolute atomic E-state index is 0.0233. The van der Waals surface area contributed by atoms with Gasteiger partial charge in [-0.25, -0.2) is 0 Å². The molecule has 0 radical (unpaired) electrons. The van der Waals surface area contributed by atoms with Crippen molar-refractivity contribution < 1.29 is 19.1 Å². The fraction of sp³-hybridized carbons (Fsp3) is 0.920. The molecule has 2 heterocycles. The summed E-state index contributed by atoms with van der Waals surface area (Å²) in [4.78, 5) is 27.1. The van der Waals surface area contributed by atoms with Gasteiger partial charge in [0.15, 0.2) is 22.8 Å². The van der Waals surface area contributed by atoms with Gasteiger partial charge in [-0.15, -0.1) is 0 Å². The lowest BCUT2D eigenvalue weighted by molar-refractivity contribution is -0.135. The smallest absolute Gasteiger partial charge is 0.170 e. The number of hydrogen-bond donors (Lipinski definition) is 0. The fourth-order valence-corrected chi connectivity index (χ4v) is 8.14. The predicted molar refractivity (Wildman–Crippen MR) is 109 cm³/mol. The van der Waals surface area contributed by atoms with E-state index in [0.29, 0.717) is 11.6 Å². The predicted octanol–water partition coefficient (Wildman–Crippen LogP) is 5.06. The van der Waals surface area contributed by atoms with Gasteiger partial charge >= 0.3 is 0 Å². The van der Waals surface area contributed by atoms with Gasteiger partial charge in [0.2, 0.25) is 0 Å². The summed E-state index contributed by atoms with van der Waals surface area (Å²) in [5.41, 5.74) is -1.23. The summed E-state index contributed by atoms with van der Waals surface area (Å²) < 4.78 is 12.6. The van der Waals surface area contributed by atoms with Gasteiger partial charge in [0, 0.05) is 11.8 Å². The molecule has 0 unspecified atom stereocenters. The van der Waals surface area contributed by atoms with Gasteiger partial charge in [-0.3, -0.25) is 9.59 Å². The van der Waals surface area contributed by atoms with Crippen LogP contribution in [-0.4, -0.2) is 34.0 Å². The average Bonchev–Trinajstić information content (AvgIpc) is 3.56. The van der Waals surface area contributed by atoms with Crippen molar-refractivity contribution in [3.63, 3.8) is 0 Å². The summed E-state index contributed by atoms with van der Waals surface area (Å²) in [5.74, 6) is 0.745. The van der Waals surface area contributed by atoms with Crippen molar-refractivity contribution in [3.05, 3.63) is 0 Å². The topological polar surface area (TPSA) is 59.2 Å². The van der Waals surface area contributed by atoms with Crippen LogP contribution in [0.4, 0.5) is 0 Å². The molecule has 4 atom stereocenters. The minimum atomic E-state index is -0.480. The number of fused-ring (bicyclic) bond motifs is 2. The number of hydrogen-bond acceptors (Lipinski definition) is 4. The molecule has 4 spiro atoms. The van der Waals surface area contributed by atoms with Gasteiger partial charge in [-0.2, -0.15) is 0 Å². The van der Waals surface area contributed by atoms with Crippen molar-refractivity contribution in [1.29, 1.82) is 0 Å². The summed E-state index contributed by atoms with van der Waals surface area (Å²) in [5, 5.41) is 0. The number of epoxide rings is 2. The zero-order valence-electron chi connectivity index (χ0n) is 17.8. The number of ether oxygens (including phenoxy) is 2. The SMILES string of the molecule is O=C1[C@H](C[C@@H]2CCC[C@@]3(OC34CCCCC4)C2=O)CCC[C@@]12OC21CCCCC1. The van der Waals surface area contributed by atoms with E-state index in [1.165, 1.54) is 38.5 Å². The highest BCUT2D eigenvalue weighted by atomic mass is 16.6. The number of ketones is 2. The zero-order chi connectivity index (χ0) is 19.7. The number of rotatable bonds is 2. The Bertz CT molecular complexity index is 656. The molecule has 4 saturated carbocycles. The maximum absolute atomic E-state index is 13.6. The normalized spacial score (nSPS) is 45.2. The summed E-state index contributed by atoms with van der Waals surface area (Å²) in [6.45, 7) is 0. The molecular formula is C25H36O4. The third-order valence-electron chi connectivity index (χ3n) is 9.72. The minimum Gasteiger partial charge on any atom is -0.354 e. The molecule has 6 aliphatic rings. The van der Waals surface area contributed by atoms with Crippen LogP contribution >= 0.6 is 0 Å². The van der Waals surface area contributed by atoms with Gasteiger partial charge < -0.3 is 9.47 Å². The van der Waals surface area contributed by atoms with E-state index in [-0.39, 0.29) is 23.0 Å². The van der Waals surface area contributed by atoms with Crippen LogP contribution in [0, 0.1) is 11.8 Å². The van der Waals surface area contributed by atoms with Crippen molar-refractivity contribution in [2.24, 2.45) is 11.8 Å². The van der Waals surface area contributed by atoms with Crippen LogP contribution in [0.15, 0.2) is 0 Å². The lowest BCUT2D eigenvalue weighted by atomic mass is 9.64. The van der Waals surface area contributed by atoms with Gasteiger partial charge in [-0.1, -0.05) is 38.5 Å². The van der Waals surface area contributed by atoms with Crippen molar-refractivity contribution in [2.45, 2.75) is 132 Å². The molecule has 4 heteroatoms. The Labute approximate surface area is 174 Å². The Morgan fingerprint density at radius 3 is 1.41 bits per heavy atom. The van der Waals surface area contributed by atoms with E-state index in [4.69, 9.17) is 9.47 Å². The molecule has 29 heavy (non-hydrogen) atoms. The molecule has 2 saturated heterocycles. The summed E-state index contributed by atoms with van der Waals surface area (Å²) in [7, 11) is 0. The lowest BCUT2D eigenvalue weighted by Crippen LogP contribution is -2.46. The average molecular weight is 401 g/mol. The summed E-state index contributed by atoms with van der Waals surface area (Å²) in [6.07, 6.45) is 18.2. The van der Waals surface area contributed by atoms with Crippen LogP contribution in [0.3, 0.4) is 0 Å². The highest BCUT2D eigenvalue weighted by Gasteiger charge is 2.76.